The van der Waals surface area contributed by atoms with E-state index in [1.54, 1.807) is 0 Å². The van der Waals surface area contributed by atoms with E-state index in [1.807, 2.05) is 0 Å². The van der Waals surface area contributed by atoms with E-state index in [-0.39, 0.29) is 6.42 Å². The lowest BCUT2D eigenvalue weighted by Gasteiger charge is -2.28. The van der Waals surface area contributed by atoms with Gasteiger partial charge in [-0.2, -0.15) is 0 Å². The van der Waals surface area contributed by atoms with Gasteiger partial charge in [-0.25, -0.2) is 4.79 Å². The second-order valence-corrected chi connectivity index (χ2v) is 14.2. The molecule has 2 unspecified atom stereocenters. The zero-order chi connectivity index (χ0) is 37.0. The van der Waals surface area contributed by atoms with E-state index in [9.17, 15) is 29.4 Å². The number of carbonyl (C=O) groups is 4. The summed E-state index contributed by atoms with van der Waals surface area (Å²) >= 11 is 0. The molecule has 0 radical (unpaired) electrons. The van der Waals surface area contributed by atoms with Crippen LogP contribution in [0.5, 0.6) is 0 Å². The first-order valence-corrected chi connectivity index (χ1v) is 20.1. The normalized spacial score (nSPS) is 12.9. The molecule has 0 aliphatic rings. The van der Waals surface area contributed by atoms with E-state index < -0.39 is 41.8 Å². The summed E-state index contributed by atoms with van der Waals surface area (Å²) in [4.78, 5) is 43.8. The highest BCUT2D eigenvalue weighted by atomic mass is 16.4. The monoisotopic (exact) mass is 701 g/mol. The summed E-state index contributed by atoms with van der Waals surface area (Å²) in [7, 11) is 0. The molecule has 49 heavy (non-hydrogen) atoms. The van der Waals surface area contributed by atoms with E-state index in [0.29, 0.717) is 12.8 Å². The molecule has 0 heterocycles. The van der Waals surface area contributed by atoms with Gasteiger partial charge >= 0.3 is 23.9 Å². The van der Waals surface area contributed by atoms with Crippen molar-refractivity contribution in [2.75, 3.05) is 0 Å². The van der Waals surface area contributed by atoms with Crippen LogP contribution in [-0.4, -0.2) is 55.0 Å². The third-order valence-corrected chi connectivity index (χ3v) is 9.51. The fourth-order valence-corrected chi connectivity index (χ4v) is 6.34. The quantitative estimate of drug-likeness (QED) is 0.0399. The summed E-state index contributed by atoms with van der Waals surface area (Å²) in [6.45, 7) is 4.49. The van der Waals surface area contributed by atoms with Gasteiger partial charge in [0.05, 0.1) is 12.3 Å². The van der Waals surface area contributed by atoms with Crippen LogP contribution in [0, 0.1) is 5.92 Å². The van der Waals surface area contributed by atoms with Crippen molar-refractivity contribution in [3.8, 4) is 0 Å². The van der Waals surface area contributed by atoms with Gasteiger partial charge in [0.1, 0.15) is 0 Å². The van der Waals surface area contributed by atoms with Crippen LogP contribution in [0.4, 0.5) is 0 Å². The maximum atomic E-state index is 11.4. The van der Waals surface area contributed by atoms with Gasteiger partial charge in [-0.15, -0.1) is 0 Å². The Kier molecular flexibility index (Phi) is 35.6. The molecule has 0 aromatic carbocycles. The fourth-order valence-electron chi connectivity index (χ4n) is 6.34. The van der Waals surface area contributed by atoms with Crippen molar-refractivity contribution in [3.05, 3.63) is 0 Å². The third-order valence-electron chi connectivity index (χ3n) is 9.51. The summed E-state index contributed by atoms with van der Waals surface area (Å²) in [5.74, 6) is -7.11. The number of aliphatic carboxylic acids is 4. The van der Waals surface area contributed by atoms with Gasteiger partial charge in [0.25, 0.3) is 0 Å². The summed E-state index contributed by atoms with van der Waals surface area (Å²) in [6.07, 6.45) is 35.0. The Morgan fingerprint density at radius 3 is 0.959 bits per heavy atom. The van der Waals surface area contributed by atoms with Crippen molar-refractivity contribution in [1.29, 1.82) is 0 Å². The van der Waals surface area contributed by atoms with Gasteiger partial charge in [0.15, 0.2) is 5.60 Å². The second-order valence-electron chi connectivity index (χ2n) is 14.2. The highest BCUT2D eigenvalue weighted by molar-refractivity contribution is 5.89. The van der Waals surface area contributed by atoms with Crippen LogP contribution < -0.4 is 0 Å². The Hall–Kier alpha value is -2.16. The molecule has 0 saturated heterocycles. The van der Waals surface area contributed by atoms with Crippen LogP contribution in [0.3, 0.4) is 0 Å². The molecule has 2 atom stereocenters. The predicted molar refractivity (Wildman–Crippen MR) is 198 cm³/mol. The summed E-state index contributed by atoms with van der Waals surface area (Å²) < 4.78 is 0. The Labute approximate surface area is 299 Å². The number of carboxylic acid groups (broad SMARTS) is 4. The topological polar surface area (TPSA) is 169 Å². The molecule has 0 fully saturated rings. The standard InChI is InChI=1S/C22H40O7.C18H36O2/c1-2-3-4-5-6-7-8-9-10-11-12-13-14-15-16-18(20(25)26)22(29,21(27)28)17-19(23)24;1-2-3-4-5-6-7-8-9-10-11-12-13-14-15-16-17-18(19)20/h18,29H,2-17H2,1H3,(H,23,24)(H,25,26)(H,27,28);2-17H2,1H3,(H,19,20). The highest BCUT2D eigenvalue weighted by Gasteiger charge is 2.49. The van der Waals surface area contributed by atoms with Crippen molar-refractivity contribution >= 4 is 23.9 Å². The number of aliphatic hydroxyl groups is 1. The maximum absolute atomic E-state index is 11.4. The number of carboxylic acids is 4. The van der Waals surface area contributed by atoms with Gasteiger partial charge in [0, 0.05) is 6.42 Å². The molecule has 0 spiro atoms. The smallest absolute Gasteiger partial charge is 0.337 e. The van der Waals surface area contributed by atoms with Crippen molar-refractivity contribution in [2.24, 2.45) is 5.92 Å². The minimum atomic E-state index is -2.78. The van der Waals surface area contributed by atoms with Crippen LogP contribution in [-0.2, 0) is 19.2 Å². The number of rotatable bonds is 36. The molecule has 0 aromatic heterocycles. The van der Waals surface area contributed by atoms with Gasteiger partial charge in [-0.3, -0.25) is 14.4 Å². The summed E-state index contributed by atoms with van der Waals surface area (Å²) in [5.41, 5.74) is -2.78. The average molecular weight is 701 g/mol. The molecular weight excluding hydrogens is 624 g/mol. The molecular formula is C40H76O9. The predicted octanol–water partition coefficient (Wildman–Crippen LogP) is 11.2. The number of hydrogen-bond donors (Lipinski definition) is 5. The zero-order valence-electron chi connectivity index (χ0n) is 31.6. The number of unbranched alkanes of at least 4 members (excludes halogenated alkanes) is 27. The molecule has 5 N–H and O–H groups in total. The third kappa shape index (κ3) is 32.8. The lowest BCUT2D eigenvalue weighted by Crippen LogP contribution is -2.50. The summed E-state index contributed by atoms with van der Waals surface area (Å²) in [5, 5.41) is 45.9. The second kappa shape index (κ2) is 35.7. The van der Waals surface area contributed by atoms with Crippen LogP contribution in [0.1, 0.15) is 219 Å². The zero-order valence-corrected chi connectivity index (χ0v) is 31.6. The van der Waals surface area contributed by atoms with Crippen molar-refractivity contribution in [1.82, 2.24) is 0 Å². The largest absolute Gasteiger partial charge is 0.481 e. The van der Waals surface area contributed by atoms with Crippen molar-refractivity contribution in [3.63, 3.8) is 0 Å². The van der Waals surface area contributed by atoms with Crippen LogP contribution in [0.15, 0.2) is 0 Å². The molecule has 0 aromatic rings. The maximum Gasteiger partial charge on any atom is 0.337 e. The van der Waals surface area contributed by atoms with Crippen LogP contribution in [0.2, 0.25) is 0 Å². The van der Waals surface area contributed by atoms with E-state index in [2.05, 4.69) is 13.8 Å². The molecule has 0 amide bonds. The van der Waals surface area contributed by atoms with E-state index in [0.717, 1.165) is 38.5 Å². The minimum absolute atomic E-state index is 0.0521. The van der Waals surface area contributed by atoms with Gasteiger partial charge in [0.2, 0.25) is 0 Å². The molecule has 9 heteroatoms. The van der Waals surface area contributed by atoms with E-state index in [1.165, 1.54) is 141 Å². The van der Waals surface area contributed by atoms with E-state index in [4.69, 9.17) is 15.3 Å². The minimum Gasteiger partial charge on any atom is -0.481 e. The highest BCUT2D eigenvalue weighted by Crippen LogP contribution is 2.28. The summed E-state index contributed by atoms with van der Waals surface area (Å²) in [6, 6.07) is 0. The SMILES string of the molecule is CCCCCCCCCCCCCCCCC(C(=O)O)C(O)(CC(=O)O)C(=O)O.CCCCCCCCCCCCCCCCCC(=O)O. The molecule has 0 bridgehead atoms. The number of hydrogen-bond acceptors (Lipinski definition) is 5. The Bertz CT molecular complexity index is 801. The lowest BCUT2D eigenvalue weighted by molar-refractivity contribution is -0.179. The van der Waals surface area contributed by atoms with Crippen LogP contribution in [0.25, 0.3) is 0 Å². The first-order valence-electron chi connectivity index (χ1n) is 20.1. The Balaban J connectivity index is 0. The van der Waals surface area contributed by atoms with Gasteiger partial charge in [-0.1, -0.05) is 194 Å². The average Bonchev–Trinajstić information content (AvgIpc) is 3.04. The Morgan fingerprint density at radius 2 is 0.714 bits per heavy atom. The first kappa shape index (κ1) is 49.0. The molecule has 0 saturated carbocycles. The van der Waals surface area contributed by atoms with Crippen LogP contribution >= 0.6 is 0 Å². The van der Waals surface area contributed by atoms with Gasteiger partial charge in [-0.05, 0) is 12.8 Å². The Morgan fingerprint density at radius 1 is 0.429 bits per heavy atom. The first-order chi connectivity index (χ1) is 23.5. The molecule has 0 aliphatic carbocycles. The molecule has 0 rings (SSSR count). The van der Waals surface area contributed by atoms with Crippen molar-refractivity contribution in [2.45, 2.75) is 225 Å². The fraction of sp³-hybridized carbons (Fsp3) is 0.900. The van der Waals surface area contributed by atoms with Gasteiger partial charge < -0.3 is 25.5 Å². The van der Waals surface area contributed by atoms with E-state index >= 15 is 0 Å². The van der Waals surface area contributed by atoms with Crippen molar-refractivity contribution < 1.29 is 44.7 Å². The molecule has 0 aliphatic heterocycles. The molecule has 9 nitrogen and oxygen atoms in total. The molecule has 290 valence electrons. The lowest BCUT2D eigenvalue weighted by atomic mass is 9.81.